The molecule has 1 aromatic rings. The molecular formula is C11H18F3N3O2. The number of hydrogen-bond donors (Lipinski definition) is 1. The van der Waals surface area contributed by atoms with Gasteiger partial charge >= 0.3 is 11.9 Å². The van der Waals surface area contributed by atoms with Crippen LogP contribution in [0.5, 0.6) is 0 Å². The maximum Gasteiger partial charge on any atom is 0.416 e. The minimum Gasteiger partial charge on any atom is -0.382 e. The van der Waals surface area contributed by atoms with Crippen LogP contribution in [0.2, 0.25) is 0 Å². The Morgan fingerprint density at radius 2 is 1.79 bits per heavy atom. The summed E-state index contributed by atoms with van der Waals surface area (Å²) in [5.41, 5.74) is -0.637. The van der Waals surface area contributed by atoms with Gasteiger partial charge < -0.3 is 5.11 Å². The van der Waals surface area contributed by atoms with E-state index in [0.29, 0.717) is 10.5 Å². The number of nitrogens with zero attached hydrogens (tertiary/aromatic N) is 3. The Balaban J connectivity index is 3.18. The summed E-state index contributed by atoms with van der Waals surface area (Å²) in [4.78, 5) is 12.0. The SMILES string of the molecule is CC(C)c1nn(CC(O)C(F)(F)F)c(=O)n1C(C)C. The highest BCUT2D eigenvalue weighted by Gasteiger charge is 2.39. The number of alkyl halides is 3. The van der Waals surface area contributed by atoms with Gasteiger partial charge in [0.15, 0.2) is 6.10 Å². The minimum absolute atomic E-state index is 0.0978. The van der Waals surface area contributed by atoms with Crippen molar-refractivity contribution in [1.82, 2.24) is 14.3 Å². The summed E-state index contributed by atoms with van der Waals surface area (Å²) in [5, 5.41) is 12.9. The summed E-state index contributed by atoms with van der Waals surface area (Å²) >= 11 is 0. The van der Waals surface area contributed by atoms with E-state index >= 15 is 0 Å². The predicted octanol–water partition coefficient (Wildman–Crippen LogP) is 1.67. The van der Waals surface area contributed by atoms with Crippen molar-refractivity contribution in [3.8, 4) is 0 Å². The van der Waals surface area contributed by atoms with E-state index in [1.807, 2.05) is 0 Å². The van der Waals surface area contributed by atoms with Crippen LogP contribution in [-0.4, -0.2) is 31.7 Å². The van der Waals surface area contributed by atoms with Gasteiger partial charge in [0.2, 0.25) is 0 Å². The van der Waals surface area contributed by atoms with Crippen LogP contribution in [0.25, 0.3) is 0 Å². The lowest BCUT2D eigenvalue weighted by atomic mass is 10.2. The zero-order chi connectivity index (χ0) is 15.0. The van der Waals surface area contributed by atoms with Crippen LogP contribution < -0.4 is 5.69 Å². The molecule has 0 bridgehead atoms. The standard InChI is InChI=1S/C11H18F3N3O2/c1-6(2)9-15-16(5-8(18)11(12,13)14)10(19)17(9)7(3)4/h6-8,18H,5H2,1-4H3. The normalized spacial score (nSPS) is 14.4. The van der Waals surface area contributed by atoms with Gasteiger partial charge in [0.05, 0.1) is 6.54 Å². The van der Waals surface area contributed by atoms with E-state index in [2.05, 4.69) is 5.10 Å². The average molecular weight is 281 g/mol. The summed E-state index contributed by atoms with van der Waals surface area (Å²) in [5.74, 6) is 0.314. The first-order chi connectivity index (χ1) is 8.55. The summed E-state index contributed by atoms with van der Waals surface area (Å²) < 4.78 is 38.9. The van der Waals surface area contributed by atoms with Crippen LogP contribution in [0.15, 0.2) is 4.79 Å². The van der Waals surface area contributed by atoms with E-state index in [-0.39, 0.29) is 12.0 Å². The predicted molar refractivity (Wildman–Crippen MR) is 63.0 cm³/mol. The monoisotopic (exact) mass is 281 g/mol. The third kappa shape index (κ3) is 3.37. The van der Waals surface area contributed by atoms with Crippen LogP contribution in [-0.2, 0) is 6.54 Å². The molecular weight excluding hydrogens is 263 g/mol. The third-order valence-electron chi connectivity index (χ3n) is 2.65. The summed E-state index contributed by atoms with van der Waals surface area (Å²) in [6.07, 6.45) is -7.36. The third-order valence-corrected chi connectivity index (χ3v) is 2.65. The van der Waals surface area contributed by atoms with Crippen molar-refractivity contribution < 1.29 is 18.3 Å². The van der Waals surface area contributed by atoms with Crippen molar-refractivity contribution in [3.05, 3.63) is 16.3 Å². The van der Waals surface area contributed by atoms with E-state index in [1.54, 1.807) is 27.7 Å². The summed E-state index contributed by atoms with van der Waals surface area (Å²) in [6.45, 7) is 6.21. The van der Waals surface area contributed by atoms with Crippen LogP contribution in [0.4, 0.5) is 13.2 Å². The zero-order valence-corrected chi connectivity index (χ0v) is 11.3. The number of hydrogen-bond acceptors (Lipinski definition) is 3. The van der Waals surface area contributed by atoms with Gasteiger partial charge in [-0.05, 0) is 13.8 Å². The first-order valence-corrected chi connectivity index (χ1v) is 5.99. The Morgan fingerprint density at radius 3 is 2.11 bits per heavy atom. The molecule has 0 fully saturated rings. The highest BCUT2D eigenvalue weighted by Crippen LogP contribution is 2.21. The average Bonchev–Trinajstić information content (AvgIpc) is 2.55. The molecule has 0 aliphatic rings. The number of aromatic nitrogens is 3. The van der Waals surface area contributed by atoms with E-state index in [1.165, 1.54) is 4.57 Å². The fourth-order valence-electron chi connectivity index (χ4n) is 1.70. The Hall–Kier alpha value is -1.31. The molecule has 0 radical (unpaired) electrons. The molecule has 0 aliphatic heterocycles. The van der Waals surface area contributed by atoms with Gasteiger partial charge in [0, 0.05) is 12.0 Å². The smallest absolute Gasteiger partial charge is 0.382 e. The minimum atomic E-state index is -4.76. The fraction of sp³-hybridized carbons (Fsp3) is 0.818. The molecule has 1 aromatic heterocycles. The molecule has 1 atom stereocenters. The molecule has 0 saturated carbocycles. The van der Waals surface area contributed by atoms with Gasteiger partial charge in [-0.15, -0.1) is 0 Å². The molecule has 1 rings (SSSR count). The van der Waals surface area contributed by atoms with Gasteiger partial charge in [-0.2, -0.15) is 18.3 Å². The Labute approximate surface area is 108 Å². The van der Waals surface area contributed by atoms with Crippen molar-refractivity contribution in [2.45, 2.75) is 58.5 Å². The number of aliphatic hydroxyl groups excluding tert-OH is 1. The van der Waals surface area contributed by atoms with Gasteiger partial charge in [0.25, 0.3) is 0 Å². The molecule has 0 amide bonds. The number of aliphatic hydroxyl groups is 1. The molecule has 0 aliphatic carbocycles. The molecule has 19 heavy (non-hydrogen) atoms. The molecule has 0 saturated heterocycles. The lowest BCUT2D eigenvalue weighted by molar-refractivity contribution is -0.208. The van der Waals surface area contributed by atoms with E-state index < -0.39 is 24.5 Å². The molecule has 110 valence electrons. The van der Waals surface area contributed by atoms with Crippen LogP contribution in [0.1, 0.15) is 45.5 Å². The molecule has 0 aromatic carbocycles. The molecule has 1 unspecified atom stereocenters. The van der Waals surface area contributed by atoms with Crippen LogP contribution >= 0.6 is 0 Å². The Kier molecular flexibility index (Phi) is 4.44. The second-order valence-corrected chi connectivity index (χ2v) is 5.00. The second-order valence-electron chi connectivity index (χ2n) is 5.00. The quantitative estimate of drug-likeness (QED) is 0.913. The summed E-state index contributed by atoms with van der Waals surface area (Å²) in [6, 6.07) is -0.207. The van der Waals surface area contributed by atoms with E-state index in [0.717, 1.165) is 0 Å². The summed E-state index contributed by atoms with van der Waals surface area (Å²) in [7, 11) is 0. The molecule has 0 spiro atoms. The highest BCUT2D eigenvalue weighted by atomic mass is 19.4. The van der Waals surface area contributed by atoms with Crippen molar-refractivity contribution in [1.29, 1.82) is 0 Å². The van der Waals surface area contributed by atoms with E-state index in [4.69, 9.17) is 5.11 Å². The van der Waals surface area contributed by atoms with Crippen LogP contribution in [0.3, 0.4) is 0 Å². The lowest BCUT2D eigenvalue weighted by Gasteiger charge is -2.13. The zero-order valence-electron chi connectivity index (χ0n) is 11.3. The molecule has 5 nitrogen and oxygen atoms in total. The van der Waals surface area contributed by atoms with Gasteiger partial charge in [-0.3, -0.25) is 4.57 Å². The van der Waals surface area contributed by atoms with E-state index in [9.17, 15) is 18.0 Å². The van der Waals surface area contributed by atoms with Gasteiger partial charge in [-0.1, -0.05) is 13.8 Å². The lowest BCUT2D eigenvalue weighted by Crippen LogP contribution is -2.37. The largest absolute Gasteiger partial charge is 0.416 e. The Bertz CT molecular complexity index is 488. The molecule has 8 heteroatoms. The Morgan fingerprint density at radius 1 is 1.26 bits per heavy atom. The first-order valence-electron chi connectivity index (χ1n) is 5.99. The topological polar surface area (TPSA) is 60.0 Å². The van der Waals surface area contributed by atoms with Crippen molar-refractivity contribution in [3.63, 3.8) is 0 Å². The molecule has 1 N–H and O–H groups in total. The van der Waals surface area contributed by atoms with Gasteiger partial charge in [0.1, 0.15) is 5.82 Å². The second kappa shape index (κ2) is 5.36. The van der Waals surface area contributed by atoms with Crippen molar-refractivity contribution in [2.24, 2.45) is 0 Å². The molecule has 1 heterocycles. The number of halogens is 3. The highest BCUT2D eigenvalue weighted by molar-refractivity contribution is 4.96. The van der Waals surface area contributed by atoms with Crippen molar-refractivity contribution >= 4 is 0 Å². The fourth-order valence-corrected chi connectivity index (χ4v) is 1.70. The maximum atomic E-state index is 12.3. The maximum absolute atomic E-state index is 12.3. The van der Waals surface area contributed by atoms with Crippen LogP contribution in [0, 0.1) is 0 Å². The first kappa shape index (κ1) is 15.7. The van der Waals surface area contributed by atoms with Crippen molar-refractivity contribution in [2.75, 3.05) is 0 Å². The number of rotatable bonds is 4. The van der Waals surface area contributed by atoms with Gasteiger partial charge in [-0.25, -0.2) is 9.48 Å².